The SMILES string of the molecule is COc1cc2c(NC3CCOCC3)nc(N3CCC(C)(F)CC3)nc2cc1OCCCN1CCCC1.COc1cc2c(NC3CCS(=O)(=O)CC3)nc(N3CCC(F)(F)CC3)nc2cc1OCCCN1CCCC1. The third-order valence-corrected chi connectivity index (χ3v) is 17.1. The molecule has 8 heterocycles. The lowest BCUT2D eigenvalue weighted by atomic mass is 9.96. The predicted octanol–water partition coefficient (Wildman–Crippen LogP) is 8.15. The van der Waals surface area contributed by atoms with Crippen molar-refractivity contribution in [2.24, 2.45) is 0 Å². The molecule has 6 saturated heterocycles. The van der Waals surface area contributed by atoms with E-state index in [-0.39, 0.29) is 49.5 Å². The third kappa shape index (κ3) is 14.3. The number of benzene rings is 2. The first-order valence-electron chi connectivity index (χ1n) is 27.1. The molecule has 4 aromatic rings. The number of nitrogens with one attached hydrogen (secondary N) is 2. The number of ether oxygens (including phenoxy) is 5. The Morgan fingerprint density at radius 1 is 0.608 bits per heavy atom. The van der Waals surface area contributed by atoms with Gasteiger partial charge in [-0.3, -0.25) is 0 Å². The van der Waals surface area contributed by atoms with Gasteiger partial charge in [-0.05, 0) is 122 Å². The minimum atomic E-state index is -3.01. The molecule has 6 aliphatic heterocycles. The van der Waals surface area contributed by atoms with Gasteiger partial charge in [0.2, 0.25) is 11.9 Å². The molecular formula is C53H77F3N10O7S. The smallest absolute Gasteiger partial charge is 0.251 e. The van der Waals surface area contributed by atoms with E-state index in [1.807, 2.05) is 24.3 Å². The molecule has 0 amide bonds. The molecule has 17 nitrogen and oxygen atoms in total. The number of aromatic nitrogens is 4. The van der Waals surface area contributed by atoms with E-state index in [0.29, 0.717) is 104 Å². The number of piperidine rings is 2. The molecule has 0 aliphatic carbocycles. The number of anilines is 4. The van der Waals surface area contributed by atoms with E-state index < -0.39 is 21.4 Å². The average molecular weight is 1060 g/mol. The highest BCUT2D eigenvalue weighted by molar-refractivity contribution is 7.91. The molecule has 408 valence electrons. The quantitative estimate of drug-likeness (QED) is 0.0915. The van der Waals surface area contributed by atoms with Crippen molar-refractivity contribution >= 4 is 55.2 Å². The monoisotopic (exact) mass is 1050 g/mol. The second kappa shape index (κ2) is 24.4. The fraction of sp³-hybridized carbons (Fsp3) is 0.698. The number of hydrogen-bond acceptors (Lipinski definition) is 17. The number of likely N-dealkylation sites (tertiary alicyclic amines) is 2. The van der Waals surface area contributed by atoms with Crippen molar-refractivity contribution < 1.29 is 45.3 Å². The Morgan fingerprint density at radius 3 is 1.49 bits per heavy atom. The fourth-order valence-electron chi connectivity index (χ4n) is 10.7. The summed E-state index contributed by atoms with van der Waals surface area (Å²) in [5, 5.41) is 8.68. The molecule has 0 atom stereocenters. The van der Waals surface area contributed by atoms with Crippen LogP contribution in [0.5, 0.6) is 23.0 Å². The van der Waals surface area contributed by atoms with Crippen LogP contribution in [-0.4, -0.2) is 179 Å². The Morgan fingerprint density at radius 2 is 1.04 bits per heavy atom. The molecule has 74 heavy (non-hydrogen) atoms. The normalized spacial score (nSPS) is 21.6. The molecule has 0 unspecified atom stereocenters. The maximum absolute atomic E-state index is 14.5. The average Bonchev–Trinajstić information content (AvgIpc) is 4.13. The molecule has 21 heteroatoms. The topological polar surface area (TPSA) is 169 Å². The van der Waals surface area contributed by atoms with Gasteiger partial charge < -0.3 is 53.9 Å². The van der Waals surface area contributed by atoms with E-state index in [1.54, 1.807) is 26.0 Å². The summed E-state index contributed by atoms with van der Waals surface area (Å²) in [6.07, 6.45) is 10.3. The van der Waals surface area contributed by atoms with Crippen LogP contribution in [0.4, 0.5) is 36.7 Å². The number of rotatable bonds is 18. The summed E-state index contributed by atoms with van der Waals surface area (Å²) in [6.45, 7) is 12.6. The highest BCUT2D eigenvalue weighted by Gasteiger charge is 2.36. The van der Waals surface area contributed by atoms with Crippen LogP contribution in [0.25, 0.3) is 21.8 Å². The maximum atomic E-state index is 14.5. The van der Waals surface area contributed by atoms with Gasteiger partial charge in [0.05, 0.1) is 50.0 Å². The van der Waals surface area contributed by atoms with Gasteiger partial charge in [-0.2, -0.15) is 9.97 Å². The van der Waals surface area contributed by atoms with Crippen molar-refractivity contribution in [3.63, 3.8) is 0 Å². The number of nitrogens with zero attached hydrogens (tertiary/aromatic N) is 8. The maximum Gasteiger partial charge on any atom is 0.251 e. The van der Waals surface area contributed by atoms with Crippen molar-refractivity contribution in [2.45, 2.75) is 120 Å². The van der Waals surface area contributed by atoms with Crippen molar-refractivity contribution in [3.05, 3.63) is 24.3 Å². The van der Waals surface area contributed by atoms with Crippen molar-refractivity contribution in [3.8, 4) is 23.0 Å². The number of halogens is 3. The lowest BCUT2D eigenvalue weighted by Gasteiger charge is -2.34. The summed E-state index contributed by atoms with van der Waals surface area (Å²) in [6, 6.07) is 7.82. The van der Waals surface area contributed by atoms with Gasteiger partial charge in [0.15, 0.2) is 23.0 Å². The summed E-state index contributed by atoms with van der Waals surface area (Å²) in [7, 11) is 0.240. The van der Waals surface area contributed by atoms with Gasteiger partial charge in [0.1, 0.15) is 27.1 Å². The van der Waals surface area contributed by atoms with Gasteiger partial charge in [-0.15, -0.1) is 0 Å². The minimum Gasteiger partial charge on any atom is -0.493 e. The van der Waals surface area contributed by atoms with E-state index in [0.717, 1.165) is 81.8 Å². The fourth-order valence-corrected chi connectivity index (χ4v) is 12.2. The minimum absolute atomic E-state index is 0.0670. The molecule has 10 rings (SSSR count). The Hall–Kier alpha value is -4.86. The molecule has 6 fully saturated rings. The predicted molar refractivity (Wildman–Crippen MR) is 284 cm³/mol. The second-order valence-corrected chi connectivity index (χ2v) is 23.4. The summed E-state index contributed by atoms with van der Waals surface area (Å²) < 4.78 is 95.1. The number of alkyl halides is 3. The molecule has 0 bridgehead atoms. The van der Waals surface area contributed by atoms with Crippen LogP contribution >= 0.6 is 0 Å². The van der Waals surface area contributed by atoms with E-state index >= 15 is 0 Å². The van der Waals surface area contributed by atoms with Crippen LogP contribution in [0.3, 0.4) is 0 Å². The zero-order valence-corrected chi connectivity index (χ0v) is 44.5. The Kier molecular flexibility index (Phi) is 17.8. The Bertz CT molecular complexity index is 2580. The van der Waals surface area contributed by atoms with Crippen molar-refractivity contribution in [2.75, 3.05) is 138 Å². The van der Waals surface area contributed by atoms with Crippen LogP contribution in [0.1, 0.15) is 96.8 Å². The molecule has 0 radical (unpaired) electrons. The van der Waals surface area contributed by atoms with Crippen LogP contribution in [0, 0.1) is 0 Å². The summed E-state index contributed by atoms with van der Waals surface area (Å²) in [5.41, 5.74) is 0.298. The number of fused-ring (bicyclic) bond motifs is 2. The second-order valence-electron chi connectivity index (χ2n) is 21.1. The van der Waals surface area contributed by atoms with Crippen LogP contribution in [0.15, 0.2) is 24.3 Å². The largest absolute Gasteiger partial charge is 0.493 e. The standard InChI is InChI=1S/C27H40FN5O3.C26H37F2N5O4S/c1-27(28)8-13-33(14-9-27)26-30-22-19-24(36-15-5-12-32-10-3-4-11-32)23(34-2)18-21(22)25(31-26)29-20-6-16-35-17-7-20;1-36-22-17-20-21(18-23(22)37-14-4-11-32-9-2-3-10-32)30-25(33-12-7-26(27,28)8-13-33)31-24(20)29-19-5-15-38(34,35)16-6-19/h18-20H,3-17H2,1-2H3,(H,29,30,31);17-19H,2-16H2,1H3,(H,29,30,31). The molecular weight excluding hydrogens is 978 g/mol. The number of hydrogen-bond donors (Lipinski definition) is 2. The number of methoxy groups -OCH3 is 2. The van der Waals surface area contributed by atoms with Gasteiger partial charge in [-0.25, -0.2) is 31.6 Å². The molecule has 2 N–H and O–H groups in total. The van der Waals surface area contributed by atoms with Crippen LogP contribution in [-0.2, 0) is 14.6 Å². The first-order valence-corrected chi connectivity index (χ1v) is 28.9. The molecule has 2 aromatic heterocycles. The summed E-state index contributed by atoms with van der Waals surface area (Å²) >= 11 is 0. The van der Waals surface area contributed by atoms with Gasteiger partial charge in [0, 0.05) is 100 Å². The van der Waals surface area contributed by atoms with Gasteiger partial charge in [0.25, 0.3) is 5.92 Å². The number of sulfone groups is 1. The lowest BCUT2D eigenvalue weighted by molar-refractivity contribution is -0.0222. The molecule has 0 spiro atoms. The van der Waals surface area contributed by atoms with E-state index in [4.69, 9.17) is 43.6 Å². The van der Waals surface area contributed by atoms with E-state index in [2.05, 4.69) is 25.3 Å². The highest BCUT2D eigenvalue weighted by Crippen LogP contribution is 2.39. The van der Waals surface area contributed by atoms with Crippen molar-refractivity contribution in [1.29, 1.82) is 0 Å². The van der Waals surface area contributed by atoms with E-state index in [1.165, 1.54) is 38.8 Å². The zero-order valence-electron chi connectivity index (χ0n) is 43.7. The van der Waals surface area contributed by atoms with Crippen molar-refractivity contribution in [1.82, 2.24) is 29.7 Å². The summed E-state index contributed by atoms with van der Waals surface area (Å²) in [5.74, 6) is 2.44. The third-order valence-electron chi connectivity index (χ3n) is 15.4. The zero-order chi connectivity index (χ0) is 51.7. The van der Waals surface area contributed by atoms with Gasteiger partial charge in [-0.1, -0.05) is 0 Å². The van der Waals surface area contributed by atoms with E-state index in [9.17, 15) is 21.6 Å². The van der Waals surface area contributed by atoms with Crippen LogP contribution < -0.4 is 39.4 Å². The Balaban J connectivity index is 0.000000182. The first kappa shape index (κ1) is 53.9. The molecule has 0 saturated carbocycles. The molecule has 6 aliphatic rings. The lowest BCUT2D eigenvalue weighted by Crippen LogP contribution is -2.41. The van der Waals surface area contributed by atoms with Crippen LogP contribution in [0.2, 0.25) is 0 Å². The molecule has 2 aromatic carbocycles. The summed E-state index contributed by atoms with van der Waals surface area (Å²) in [4.78, 5) is 28.1. The highest BCUT2D eigenvalue weighted by atomic mass is 32.2. The first-order chi connectivity index (χ1) is 35.7. The van der Waals surface area contributed by atoms with Gasteiger partial charge >= 0.3 is 0 Å². The Labute approximate surface area is 434 Å².